The Balaban J connectivity index is 1.80. The summed E-state index contributed by atoms with van der Waals surface area (Å²) in [7, 11) is -16.3. The summed E-state index contributed by atoms with van der Waals surface area (Å²) in [6, 6.07) is 0. The summed E-state index contributed by atoms with van der Waals surface area (Å²) in [5.41, 5.74) is 11.4. The van der Waals surface area contributed by atoms with Gasteiger partial charge in [-0.3, -0.25) is 9.09 Å². The van der Waals surface area contributed by atoms with E-state index in [1.807, 2.05) is 0 Å². The maximum absolute atomic E-state index is 12.1. The molecule has 2 aromatic heterocycles. The van der Waals surface area contributed by atoms with E-state index in [9.17, 15) is 33.4 Å². The Hall–Kier alpha value is -2.09. The predicted molar refractivity (Wildman–Crippen MR) is 119 cm³/mol. The van der Waals surface area contributed by atoms with E-state index in [0.29, 0.717) is 0 Å². The number of ether oxygens (including phenoxy) is 2. The molecule has 0 spiro atoms. The number of anilines is 1. The lowest BCUT2D eigenvalue weighted by Gasteiger charge is -2.22. The molecule has 0 bridgehead atoms. The molecule has 21 nitrogen and oxygen atoms in total. The molecule has 24 heteroatoms. The fraction of sp³-hybridized carbons (Fsp3) is 0.538. The van der Waals surface area contributed by atoms with Crippen LogP contribution >= 0.6 is 23.3 Å². The number of carbonyl (C=O) groups is 1. The first kappa shape index (κ1) is 29.5. The molecular weight excluding hydrogens is 569 g/mol. The van der Waals surface area contributed by atoms with E-state index >= 15 is 0 Å². The lowest BCUT2D eigenvalue weighted by atomic mass is 10.1. The first-order valence-corrected chi connectivity index (χ1v) is 14.6. The largest absolute Gasteiger partial charge is 0.480 e. The average Bonchev–Trinajstić information content (AvgIpc) is 3.31. The number of hydrogen-bond acceptors (Lipinski definition) is 14. The summed E-state index contributed by atoms with van der Waals surface area (Å²) in [4.78, 5) is 61.3. The van der Waals surface area contributed by atoms with Gasteiger partial charge >= 0.3 is 29.4 Å². The molecule has 0 saturated carbocycles. The monoisotopic (exact) mass is 592 g/mol. The molecule has 11 N–H and O–H groups in total. The highest BCUT2D eigenvalue weighted by Gasteiger charge is 2.49. The summed E-state index contributed by atoms with van der Waals surface area (Å²) in [5.74, 6) is 0.0102. The van der Waals surface area contributed by atoms with Crippen molar-refractivity contribution in [1.29, 1.82) is 0 Å². The lowest BCUT2D eigenvalue weighted by Crippen LogP contribution is -2.40. The SMILES string of the molecule is NCCNC(=O)O[C@@H]1[C@H](O)[C@@H](COP(=O)(O)OP(=O)(O)NP(=O)(O)O)O[C@H]1n1cnc2c(N)ncnc21. The summed E-state index contributed by atoms with van der Waals surface area (Å²) in [6.45, 7) is -0.875. The van der Waals surface area contributed by atoms with Gasteiger partial charge in [0, 0.05) is 13.1 Å². The van der Waals surface area contributed by atoms with Crippen LogP contribution in [-0.4, -0.2) is 88.3 Å². The number of alkyl carbamates (subject to hydrolysis) is 1. The number of hydrogen-bond donors (Lipinski definition) is 9. The molecule has 2 unspecified atom stereocenters. The molecule has 2 aromatic rings. The summed E-state index contributed by atoms with van der Waals surface area (Å²) in [6.07, 6.45) is -4.76. The molecule has 1 fully saturated rings. The van der Waals surface area contributed by atoms with Crippen molar-refractivity contribution in [1.82, 2.24) is 29.7 Å². The minimum atomic E-state index is -5.52. The Bertz CT molecular complexity index is 1270. The second kappa shape index (κ2) is 11.3. The van der Waals surface area contributed by atoms with Gasteiger partial charge in [-0.25, -0.2) is 33.4 Å². The zero-order valence-corrected chi connectivity index (χ0v) is 21.1. The zero-order chi connectivity index (χ0) is 27.6. The third kappa shape index (κ3) is 7.71. The maximum Gasteiger partial charge on any atom is 0.480 e. The van der Waals surface area contributed by atoms with Gasteiger partial charge in [0.2, 0.25) is 0 Å². The molecule has 208 valence electrons. The van der Waals surface area contributed by atoms with Crippen molar-refractivity contribution in [3.05, 3.63) is 12.7 Å². The molecule has 3 rings (SSSR count). The minimum absolute atomic E-state index is 0.0102. The minimum Gasteiger partial charge on any atom is -0.439 e. The molecule has 1 amide bonds. The molecule has 3 heterocycles. The molecule has 1 saturated heterocycles. The highest BCUT2D eigenvalue weighted by atomic mass is 31.3. The Morgan fingerprint density at radius 2 is 1.89 bits per heavy atom. The molecule has 6 atom stereocenters. The molecule has 37 heavy (non-hydrogen) atoms. The van der Waals surface area contributed by atoms with Gasteiger partial charge < -0.3 is 50.9 Å². The third-order valence-electron chi connectivity index (χ3n) is 4.50. The van der Waals surface area contributed by atoms with Crippen LogP contribution in [0.1, 0.15) is 6.23 Å². The quantitative estimate of drug-likeness (QED) is 0.123. The average molecular weight is 592 g/mol. The van der Waals surface area contributed by atoms with Crippen LogP contribution in [0.2, 0.25) is 0 Å². The third-order valence-corrected chi connectivity index (χ3v) is 8.74. The van der Waals surface area contributed by atoms with Crippen LogP contribution in [0.5, 0.6) is 0 Å². The zero-order valence-electron chi connectivity index (χ0n) is 18.4. The van der Waals surface area contributed by atoms with Gasteiger partial charge in [0.05, 0.1) is 12.9 Å². The number of aliphatic hydroxyl groups is 1. The first-order chi connectivity index (χ1) is 17.1. The number of phosphoric acid groups is 1. The van der Waals surface area contributed by atoms with E-state index in [4.69, 9.17) is 30.7 Å². The standard InChI is InChI=1S/C13H23N8O13P3/c14-1-2-16-13(23)33-9-8(22)6(3-31-37(29,30)34-36(27,28)20-35(24,25)26)32-12(9)21-5-19-7-10(15)17-4-18-11(7)21/h4-6,8-9,12,22H,1-3,14H2,(H,16,23)(H,29,30)(H2,15,17,18)(H4,20,24,25,26,27,28)/t6-,8-,9-,12-/m1/s1. The number of aromatic nitrogens is 4. The number of nitrogen functional groups attached to an aromatic ring is 1. The number of amides is 1. The number of nitrogens with zero attached hydrogens (tertiary/aromatic N) is 4. The van der Waals surface area contributed by atoms with Crippen LogP contribution in [0.3, 0.4) is 0 Å². The first-order valence-electron chi connectivity index (χ1n) is 9.90. The number of nitrogens with one attached hydrogen (secondary N) is 2. The van der Waals surface area contributed by atoms with E-state index < -0.39 is 60.6 Å². The molecule has 0 radical (unpaired) electrons. The molecule has 1 aliphatic heterocycles. The summed E-state index contributed by atoms with van der Waals surface area (Å²) in [5, 5.41) is 13.1. The van der Waals surface area contributed by atoms with E-state index in [1.165, 1.54) is 10.9 Å². The van der Waals surface area contributed by atoms with Crippen LogP contribution in [0.4, 0.5) is 10.6 Å². The number of nitrogens with two attached hydrogens (primary N) is 2. The van der Waals surface area contributed by atoms with Crippen molar-refractivity contribution in [2.24, 2.45) is 5.73 Å². The van der Waals surface area contributed by atoms with E-state index in [1.54, 1.807) is 0 Å². The fourth-order valence-corrected chi connectivity index (χ4v) is 6.55. The smallest absolute Gasteiger partial charge is 0.439 e. The topological polar surface area (TPSA) is 326 Å². The van der Waals surface area contributed by atoms with Gasteiger partial charge in [-0.15, -0.1) is 4.86 Å². The van der Waals surface area contributed by atoms with Crippen LogP contribution in [-0.2, 0) is 32.0 Å². The van der Waals surface area contributed by atoms with Gasteiger partial charge in [-0.2, -0.15) is 4.31 Å². The van der Waals surface area contributed by atoms with Crippen molar-refractivity contribution < 1.29 is 61.5 Å². The Morgan fingerprint density at radius 3 is 2.54 bits per heavy atom. The predicted octanol–water partition coefficient (Wildman–Crippen LogP) is -2.36. The van der Waals surface area contributed by atoms with Gasteiger partial charge in [-0.1, -0.05) is 0 Å². The molecule has 0 aromatic carbocycles. The number of fused-ring (bicyclic) bond motifs is 1. The van der Waals surface area contributed by atoms with Crippen molar-refractivity contribution in [3.63, 3.8) is 0 Å². The Morgan fingerprint density at radius 1 is 1.19 bits per heavy atom. The molecule has 0 aliphatic carbocycles. The van der Waals surface area contributed by atoms with Crippen molar-refractivity contribution in [2.75, 3.05) is 25.4 Å². The van der Waals surface area contributed by atoms with E-state index in [0.717, 1.165) is 11.2 Å². The fourth-order valence-electron chi connectivity index (χ4n) is 3.12. The Kier molecular flexibility index (Phi) is 9.03. The number of carbonyl (C=O) groups excluding carboxylic acids is 1. The normalized spacial score (nSPS) is 25.5. The number of imidazole rings is 1. The highest BCUT2D eigenvalue weighted by molar-refractivity contribution is 7.70. The Labute approximate surface area is 206 Å². The van der Waals surface area contributed by atoms with Gasteiger partial charge in [0.15, 0.2) is 23.8 Å². The van der Waals surface area contributed by atoms with Crippen molar-refractivity contribution in [3.8, 4) is 0 Å². The summed E-state index contributed by atoms with van der Waals surface area (Å²) >= 11 is 0. The van der Waals surface area contributed by atoms with E-state index in [-0.39, 0.29) is 30.1 Å². The summed E-state index contributed by atoms with van der Waals surface area (Å²) < 4.78 is 55.1. The van der Waals surface area contributed by atoms with Crippen molar-refractivity contribution >= 4 is 46.4 Å². The maximum atomic E-state index is 12.1. The van der Waals surface area contributed by atoms with Gasteiger partial charge in [-0.05, 0) is 0 Å². The molecule has 1 aliphatic rings. The second-order valence-corrected chi connectivity index (χ2v) is 12.0. The van der Waals surface area contributed by atoms with Crippen LogP contribution < -0.4 is 21.6 Å². The number of aliphatic hydroxyl groups excluding tert-OH is 1. The van der Waals surface area contributed by atoms with Crippen LogP contribution in [0.25, 0.3) is 11.2 Å². The highest BCUT2D eigenvalue weighted by Crippen LogP contribution is 2.61. The van der Waals surface area contributed by atoms with Gasteiger partial charge in [0.25, 0.3) is 0 Å². The van der Waals surface area contributed by atoms with Crippen LogP contribution in [0.15, 0.2) is 12.7 Å². The number of phosphoric ester groups is 1. The second-order valence-electron chi connectivity index (χ2n) is 7.23. The van der Waals surface area contributed by atoms with Crippen molar-refractivity contribution in [2.45, 2.75) is 24.5 Å². The van der Waals surface area contributed by atoms with Crippen LogP contribution in [0, 0.1) is 0 Å². The van der Waals surface area contributed by atoms with E-state index in [2.05, 4.69) is 29.1 Å². The van der Waals surface area contributed by atoms with Gasteiger partial charge in [0.1, 0.15) is 24.1 Å². The molecular formula is C13H23N8O13P3. The lowest BCUT2D eigenvalue weighted by molar-refractivity contribution is -0.0521. The number of rotatable bonds is 11.